The maximum absolute atomic E-state index is 10.8. The predicted octanol–water partition coefficient (Wildman–Crippen LogP) is -0.696. The normalized spacial score (nSPS) is 21.0. The van der Waals surface area contributed by atoms with E-state index >= 15 is 0 Å². The van der Waals surface area contributed by atoms with Crippen molar-refractivity contribution in [2.75, 3.05) is 0 Å². The Morgan fingerprint density at radius 2 is 1.92 bits per heavy atom. The molecule has 1 aliphatic rings. The molecule has 1 unspecified atom stereocenters. The third-order valence-electron chi connectivity index (χ3n) is 1.50. The number of nitrogens with zero attached hydrogens (tertiary/aromatic N) is 1. The summed E-state index contributed by atoms with van der Waals surface area (Å²) in [5.41, 5.74) is 10.0. The van der Waals surface area contributed by atoms with Gasteiger partial charge in [-0.3, -0.25) is 9.69 Å². The van der Waals surface area contributed by atoms with Gasteiger partial charge in [0, 0.05) is 6.20 Å². The molecule has 3 amide bonds. The van der Waals surface area contributed by atoms with Crippen LogP contribution in [0.15, 0.2) is 24.4 Å². The quantitative estimate of drug-likeness (QED) is 0.541. The maximum Gasteiger partial charge on any atom is 0.319 e. The Hall–Kier alpha value is -1.78. The largest absolute Gasteiger partial charge is 0.368 e. The SMILES string of the molecule is NC(=O)C1C=CC=CN1C(N)=O. The summed E-state index contributed by atoms with van der Waals surface area (Å²) >= 11 is 0. The van der Waals surface area contributed by atoms with Crippen molar-refractivity contribution < 1.29 is 9.59 Å². The Bertz CT molecular complexity index is 242. The average Bonchev–Trinajstić information content (AvgIpc) is 2.04. The van der Waals surface area contributed by atoms with Gasteiger partial charge in [0.1, 0.15) is 6.04 Å². The number of primary amides is 2. The number of hydrogen-bond acceptors (Lipinski definition) is 2. The average molecular weight is 167 g/mol. The minimum Gasteiger partial charge on any atom is -0.368 e. The first-order valence-corrected chi connectivity index (χ1v) is 3.35. The molecule has 64 valence electrons. The van der Waals surface area contributed by atoms with E-state index in [-0.39, 0.29) is 0 Å². The molecular weight excluding hydrogens is 158 g/mol. The second-order valence-electron chi connectivity index (χ2n) is 2.32. The van der Waals surface area contributed by atoms with Gasteiger partial charge in [-0.2, -0.15) is 0 Å². The first-order valence-electron chi connectivity index (χ1n) is 3.35. The van der Waals surface area contributed by atoms with Crippen LogP contribution >= 0.6 is 0 Å². The second-order valence-corrected chi connectivity index (χ2v) is 2.32. The number of urea groups is 1. The summed E-state index contributed by atoms with van der Waals surface area (Å²) in [7, 11) is 0. The van der Waals surface area contributed by atoms with Crippen molar-refractivity contribution in [1.29, 1.82) is 0 Å². The predicted molar refractivity (Wildman–Crippen MR) is 42.7 cm³/mol. The van der Waals surface area contributed by atoms with Crippen LogP contribution < -0.4 is 11.5 Å². The number of amides is 3. The molecule has 5 nitrogen and oxygen atoms in total. The zero-order valence-electron chi connectivity index (χ0n) is 6.31. The molecule has 0 fully saturated rings. The van der Waals surface area contributed by atoms with Crippen molar-refractivity contribution in [1.82, 2.24) is 4.90 Å². The van der Waals surface area contributed by atoms with E-state index < -0.39 is 18.0 Å². The van der Waals surface area contributed by atoms with Crippen LogP contribution in [0, 0.1) is 0 Å². The van der Waals surface area contributed by atoms with E-state index in [1.165, 1.54) is 12.3 Å². The number of rotatable bonds is 1. The summed E-state index contributed by atoms with van der Waals surface area (Å²) in [5, 5.41) is 0. The smallest absolute Gasteiger partial charge is 0.319 e. The van der Waals surface area contributed by atoms with Crippen LogP contribution in [0.2, 0.25) is 0 Å². The summed E-state index contributed by atoms with van der Waals surface area (Å²) in [6, 6.07) is -1.45. The van der Waals surface area contributed by atoms with E-state index in [2.05, 4.69) is 0 Å². The molecule has 0 spiro atoms. The fourth-order valence-electron chi connectivity index (χ4n) is 0.940. The highest BCUT2D eigenvalue weighted by Crippen LogP contribution is 2.06. The third kappa shape index (κ3) is 1.45. The molecule has 0 bridgehead atoms. The van der Waals surface area contributed by atoms with E-state index in [1.807, 2.05) is 0 Å². The van der Waals surface area contributed by atoms with Crippen molar-refractivity contribution in [3.8, 4) is 0 Å². The van der Waals surface area contributed by atoms with Gasteiger partial charge in [-0.15, -0.1) is 0 Å². The lowest BCUT2D eigenvalue weighted by Crippen LogP contribution is -2.46. The van der Waals surface area contributed by atoms with Crippen LogP contribution in [0.5, 0.6) is 0 Å². The Balaban J connectivity index is 2.85. The van der Waals surface area contributed by atoms with Crippen molar-refractivity contribution >= 4 is 11.9 Å². The highest BCUT2D eigenvalue weighted by atomic mass is 16.2. The monoisotopic (exact) mass is 167 g/mol. The molecule has 1 rings (SSSR count). The van der Waals surface area contributed by atoms with Gasteiger partial charge in [0.25, 0.3) is 0 Å². The van der Waals surface area contributed by atoms with Crippen molar-refractivity contribution in [2.45, 2.75) is 6.04 Å². The van der Waals surface area contributed by atoms with Gasteiger partial charge in [-0.25, -0.2) is 4.79 Å². The second kappa shape index (κ2) is 3.08. The lowest BCUT2D eigenvalue weighted by Gasteiger charge is -2.23. The van der Waals surface area contributed by atoms with Gasteiger partial charge in [0.05, 0.1) is 0 Å². The molecule has 5 heteroatoms. The lowest BCUT2D eigenvalue weighted by atomic mass is 10.2. The van der Waals surface area contributed by atoms with Crippen molar-refractivity contribution in [2.24, 2.45) is 11.5 Å². The topological polar surface area (TPSA) is 89.4 Å². The zero-order chi connectivity index (χ0) is 9.14. The van der Waals surface area contributed by atoms with Crippen LogP contribution in [0.25, 0.3) is 0 Å². The molecular formula is C7H9N3O2. The lowest BCUT2D eigenvalue weighted by molar-refractivity contribution is -0.120. The first-order chi connectivity index (χ1) is 5.63. The van der Waals surface area contributed by atoms with Crippen molar-refractivity contribution in [3.63, 3.8) is 0 Å². The Morgan fingerprint density at radius 1 is 1.25 bits per heavy atom. The minimum atomic E-state index is -0.757. The summed E-state index contributed by atoms with van der Waals surface area (Å²) in [5.74, 6) is -0.602. The molecule has 0 saturated heterocycles. The molecule has 0 aromatic heterocycles. The van der Waals surface area contributed by atoms with Gasteiger partial charge in [-0.1, -0.05) is 12.2 Å². The van der Waals surface area contributed by atoms with Gasteiger partial charge < -0.3 is 11.5 Å². The Morgan fingerprint density at radius 3 is 2.33 bits per heavy atom. The first kappa shape index (κ1) is 8.32. The number of allylic oxidation sites excluding steroid dienone is 2. The minimum absolute atomic E-state index is 0.602. The van der Waals surface area contributed by atoms with E-state index in [4.69, 9.17) is 11.5 Å². The molecule has 0 aromatic carbocycles. The fraction of sp³-hybridized carbons (Fsp3) is 0.143. The maximum atomic E-state index is 10.8. The van der Waals surface area contributed by atoms with E-state index in [0.717, 1.165) is 4.90 Å². The summed E-state index contributed by atoms with van der Waals surface area (Å²) < 4.78 is 0. The molecule has 1 aliphatic heterocycles. The van der Waals surface area contributed by atoms with Crippen LogP contribution in [0.3, 0.4) is 0 Å². The molecule has 12 heavy (non-hydrogen) atoms. The van der Waals surface area contributed by atoms with Crippen LogP contribution in [0.1, 0.15) is 0 Å². The summed E-state index contributed by atoms with van der Waals surface area (Å²) in [6.07, 6.45) is 6.16. The Labute approximate surface area is 69.3 Å². The summed E-state index contributed by atoms with van der Waals surface area (Å²) in [4.78, 5) is 22.6. The molecule has 1 atom stereocenters. The Kier molecular flexibility index (Phi) is 2.14. The molecule has 4 N–H and O–H groups in total. The van der Waals surface area contributed by atoms with E-state index in [1.54, 1.807) is 12.2 Å². The van der Waals surface area contributed by atoms with Gasteiger partial charge in [0.2, 0.25) is 5.91 Å². The van der Waals surface area contributed by atoms with Gasteiger partial charge in [0.15, 0.2) is 0 Å². The van der Waals surface area contributed by atoms with Crippen molar-refractivity contribution in [3.05, 3.63) is 24.4 Å². The van der Waals surface area contributed by atoms with Gasteiger partial charge in [-0.05, 0) is 6.08 Å². The number of nitrogens with two attached hydrogens (primary N) is 2. The van der Waals surface area contributed by atoms with Crippen LogP contribution in [0.4, 0.5) is 4.79 Å². The third-order valence-corrected chi connectivity index (χ3v) is 1.50. The molecule has 0 radical (unpaired) electrons. The summed E-state index contributed by atoms with van der Waals surface area (Å²) in [6.45, 7) is 0. The number of carbonyl (C=O) groups is 2. The highest BCUT2D eigenvalue weighted by molar-refractivity contribution is 5.88. The van der Waals surface area contributed by atoms with Crippen LogP contribution in [-0.4, -0.2) is 22.9 Å². The molecule has 0 aromatic rings. The molecule has 1 heterocycles. The number of hydrogen-bond donors (Lipinski definition) is 2. The zero-order valence-corrected chi connectivity index (χ0v) is 6.31. The van der Waals surface area contributed by atoms with Gasteiger partial charge >= 0.3 is 6.03 Å². The molecule has 0 aliphatic carbocycles. The van der Waals surface area contributed by atoms with E-state index in [9.17, 15) is 9.59 Å². The standard InChI is InChI=1S/C7H9N3O2/c8-6(11)5-3-1-2-4-10(5)7(9)12/h1-5H,(H2,8,11)(H2,9,12). The molecule has 0 saturated carbocycles. The van der Waals surface area contributed by atoms with E-state index in [0.29, 0.717) is 0 Å². The van der Waals surface area contributed by atoms with Crippen LogP contribution in [-0.2, 0) is 4.79 Å². The fourth-order valence-corrected chi connectivity index (χ4v) is 0.940. The highest BCUT2D eigenvalue weighted by Gasteiger charge is 2.23. The number of carbonyl (C=O) groups excluding carboxylic acids is 2.